The van der Waals surface area contributed by atoms with E-state index in [1.54, 1.807) is 0 Å². The third-order valence-corrected chi connectivity index (χ3v) is 4.25. The molecule has 0 aromatic heterocycles. The molecule has 0 spiro atoms. The maximum atomic E-state index is 11.9. The van der Waals surface area contributed by atoms with Crippen molar-refractivity contribution in [1.82, 2.24) is 10.7 Å². The standard InChI is InChI=1S/C15H18N4O3/c1-8-3-13-11(4-12(8)22-10-5-16-6-10)19-9(2)15(20)18-17-14(19)7-21-13/h3-4,9-10,16H,5-7H2,1-2H3,(H,18,20). The van der Waals surface area contributed by atoms with E-state index in [-0.39, 0.29) is 18.1 Å². The van der Waals surface area contributed by atoms with Crippen molar-refractivity contribution in [2.75, 3.05) is 24.6 Å². The molecular formula is C15H18N4O3. The Labute approximate surface area is 128 Å². The number of nitrogens with zero attached hydrogens (tertiary/aromatic N) is 2. The minimum absolute atomic E-state index is 0.122. The van der Waals surface area contributed by atoms with E-state index >= 15 is 0 Å². The quantitative estimate of drug-likeness (QED) is 0.826. The van der Waals surface area contributed by atoms with E-state index in [1.807, 2.05) is 30.9 Å². The van der Waals surface area contributed by atoms with Gasteiger partial charge in [-0.05, 0) is 25.5 Å². The van der Waals surface area contributed by atoms with Crippen molar-refractivity contribution in [1.29, 1.82) is 0 Å². The fourth-order valence-corrected chi connectivity index (χ4v) is 2.81. The molecule has 22 heavy (non-hydrogen) atoms. The number of hydrazone groups is 1. The molecule has 1 aromatic carbocycles. The van der Waals surface area contributed by atoms with Crippen molar-refractivity contribution < 1.29 is 14.3 Å². The van der Waals surface area contributed by atoms with Crippen LogP contribution in [-0.2, 0) is 4.79 Å². The average molecular weight is 302 g/mol. The lowest BCUT2D eigenvalue weighted by Gasteiger charge is -2.38. The van der Waals surface area contributed by atoms with E-state index in [1.165, 1.54) is 0 Å². The summed E-state index contributed by atoms with van der Waals surface area (Å²) in [7, 11) is 0. The first-order valence-corrected chi connectivity index (χ1v) is 7.44. The lowest BCUT2D eigenvalue weighted by Crippen LogP contribution is -2.55. The van der Waals surface area contributed by atoms with Crippen LogP contribution in [0.4, 0.5) is 5.69 Å². The number of nitrogens with one attached hydrogen (secondary N) is 2. The van der Waals surface area contributed by atoms with Crippen LogP contribution in [0, 0.1) is 6.92 Å². The van der Waals surface area contributed by atoms with Crippen LogP contribution in [0.1, 0.15) is 12.5 Å². The maximum Gasteiger partial charge on any atom is 0.262 e. The zero-order valence-electron chi connectivity index (χ0n) is 12.5. The Morgan fingerprint density at radius 3 is 2.95 bits per heavy atom. The summed E-state index contributed by atoms with van der Waals surface area (Å²) in [4.78, 5) is 13.8. The monoisotopic (exact) mass is 302 g/mol. The molecule has 3 aliphatic heterocycles. The fourth-order valence-electron chi connectivity index (χ4n) is 2.81. The molecule has 3 aliphatic rings. The lowest BCUT2D eigenvalue weighted by molar-refractivity contribution is -0.122. The van der Waals surface area contributed by atoms with Crippen molar-refractivity contribution >= 4 is 17.4 Å². The topological polar surface area (TPSA) is 75.2 Å². The summed E-state index contributed by atoms with van der Waals surface area (Å²) < 4.78 is 11.8. The number of hydrogen-bond donors (Lipinski definition) is 2. The second-order valence-electron chi connectivity index (χ2n) is 5.82. The van der Waals surface area contributed by atoms with Crippen LogP contribution < -0.4 is 25.1 Å². The van der Waals surface area contributed by atoms with E-state index in [9.17, 15) is 4.79 Å². The van der Waals surface area contributed by atoms with Gasteiger partial charge in [-0.1, -0.05) is 0 Å². The summed E-state index contributed by atoms with van der Waals surface area (Å²) in [6, 6.07) is 3.59. The van der Waals surface area contributed by atoms with E-state index in [0.717, 1.165) is 35.8 Å². The maximum absolute atomic E-state index is 11.9. The van der Waals surface area contributed by atoms with Crippen LogP contribution in [0.25, 0.3) is 0 Å². The van der Waals surface area contributed by atoms with E-state index in [0.29, 0.717) is 12.4 Å². The van der Waals surface area contributed by atoms with Gasteiger partial charge in [-0.15, -0.1) is 0 Å². The first-order chi connectivity index (χ1) is 10.6. The number of carbonyl (C=O) groups is 1. The van der Waals surface area contributed by atoms with Gasteiger partial charge in [-0.25, -0.2) is 5.43 Å². The number of hydrogen-bond acceptors (Lipinski definition) is 6. The molecular weight excluding hydrogens is 284 g/mol. The molecule has 3 heterocycles. The molecule has 116 valence electrons. The Kier molecular flexibility index (Phi) is 2.97. The number of amidine groups is 1. The first kappa shape index (κ1) is 13.4. The van der Waals surface area contributed by atoms with Gasteiger partial charge in [-0.3, -0.25) is 4.79 Å². The smallest absolute Gasteiger partial charge is 0.262 e. The number of benzene rings is 1. The number of aryl methyl sites for hydroxylation is 1. The Bertz CT molecular complexity index is 669. The van der Waals surface area contributed by atoms with Crippen LogP contribution >= 0.6 is 0 Å². The van der Waals surface area contributed by atoms with Gasteiger partial charge in [0.05, 0.1) is 5.69 Å². The molecule has 1 atom stereocenters. The van der Waals surface area contributed by atoms with Gasteiger partial charge >= 0.3 is 0 Å². The van der Waals surface area contributed by atoms with Crippen molar-refractivity contribution in [3.8, 4) is 11.5 Å². The predicted octanol–water partition coefficient (Wildman–Crippen LogP) is 0.376. The molecule has 1 saturated heterocycles. The van der Waals surface area contributed by atoms with Crippen molar-refractivity contribution in [3.63, 3.8) is 0 Å². The average Bonchev–Trinajstić information content (AvgIpc) is 2.46. The van der Waals surface area contributed by atoms with Crippen molar-refractivity contribution in [2.45, 2.75) is 26.0 Å². The predicted molar refractivity (Wildman–Crippen MR) is 81.5 cm³/mol. The second-order valence-corrected chi connectivity index (χ2v) is 5.82. The van der Waals surface area contributed by atoms with E-state index < -0.39 is 0 Å². The number of amides is 1. The number of ether oxygens (including phenoxy) is 2. The zero-order valence-corrected chi connectivity index (χ0v) is 12.5. The molecule has 1 amide bonds. The van der Waals surface area contributed by atoms with Crippen molar-refractivity contribution in [2.24, 2.45) is 5.10 Å². The van der Waals surface area contributed by atoms with Gasteiger partial charge in [0.2, 0.25) is 0 Å². The Morgan fingerprint density at radius 1 is 1.41 bits per heavy atom. The third-order valence-electron chi connectivity index (χ3n) is 4.25. The molecule has 1 unspecified atom stereocenters. The summed E-state index contributed by atoms with van der Waals surface area (Å²) in [6.07, 6.45) is 0.205. The highest BCUT2D eigenvalue weighted by molar-refractivity contribution is 6.09. The van der Waals surface area contributed by atoms with Crippen LogP contribution in [0.15, 0.2) is 17.2 Å². The lowest BCUT2D eigenvalue weighted by atomic mass is 10.1. The minimum Gasteiger partial charge on any atom is -0.487 e. The molecule has 1 aromatic rings. The highest BCUT2D eigenvalue weighted by atomic mass is 16.5. The number of carbonyl (C=O) groups excluding carboxylic acids is 1. The Morgan fingerprint density at radius 2 is 2.23 bits per heavy atom. The van der Waals surface area contributed by atoms with Crippen LogP contribution in [0.2, 0.25) is 0 Å². The molecule has 0 aliphatic carbocycles. The van der Waals surface area contributed by atoms with Gasteiger partial charge in [0.25, 0.3) is 5.91 Å². The summed E-state index contributed by atoms with van der Waals surface area (Å²) in [5, 5.41) is 7.28. The molecule has 7 heteroatoms. The highest BCUT2D eigenvalue weighted by Crippen LogP contribution is 2.39. The molecule has 0 radical (unpaired) electrons. The summed E-state index contributed by atoms with van der Waals surface area (Å²) >= 11 is 0. The number of rotatable bonds is 2. The SMILES string of the molecule is Cc1cc2c(cc1OC1CNC1)N1C(=NNC(=O)C1C)CO2. The van der Waals surface area contributed by atoms with E-state index in [4.69, 9.17) is 9.47 Å². The van der Waals surface area contributed by atoms with Crippen molar-refractivity contribution in [3.05, 3.63) is 17.7 Å². The zero-order chi connectivity index (χ0) is 15.3. The van der Waals surface area contributed by atoms with Crippen LogP contribution in [-0.4, -0.2) is 43.6 Å². The van der Waals surface area contributed by atoms with Gasteiger partial charge in [0.1, 0.15) is 30.3 Å². The third kappa shape index (κ3) is 2.00. The molecule has 2 N–H and O–H groups in total. The summed E-state index contributed by atoms with van der Waals surface area (Å²) in [5.41, 5.74) is 4.39. The van der Waals surface area contributed by atoms with E-state index in [2.05, 4.69) is 15.8 Å². The van der Waals surface area contributed by atoms with Crippen LogP contribution in [0.5, 0.6) is 11.5 Å². The molecule has 0 saturated carbocycles. The van der Waals surface area contributed by atoms with Gasteiger partial charge in [0, 0.05) is 19.2 Å². The van der Waals surface area contributed by atoms with Gasteiger partial charge < -0.3 is 19.7 Å². The largest absolute Gasteiger partial charge is 0.487 e. The Hall–Kier alpha value is -2.28. The Balaban J connectivity index is 1.74. The second kappa shape index (κ2) is 4.88. The minimum atomic E-state index is -0.323. The van der Waals surface area contributed by atoms with Crippen LogP contribution in [0.3, 0.4) is 0 Å². The number of fused-ring (bicyclic) bond motifs is 3. The molecule has 0 bridgehead atoms. The first-order valence-electron chi connectivity index (χ1n) is 7.44. The molecule has 1 fully saturated rings. The molecule has 7 nitrogen and oxygen atoms in total. The normalized spacial score (nSPS) is 23.5. The fraction of sp³-hybridized carbons (Fsp3) is 0.467. The highest BCUT2D eigenvalue weighted by Gasteiger charge is 2.35. The number of anilines is 1. The summed E-state index contributed by atoms with van der Waals surface area (Å²) in [6.45, 7) is 5.94. The molecule has 4 rings (SSSR count). The van der Waals surface area contributed by atoms with Gasteiger partial charge in [0.15, 0.2) is 5.84 Å². The summed E-state index contributed by atoms with van der Waals surface area (Å²) in [5.74, 6) is 2.17. The van der Waals surface area contributed by atoms with Gasteiger partial charge in [-0.2, -0.15) is 5.10 Å².